The van der Waals surface area contributed by atoms with E-state index in [0.717, 1.165) is 14.7 Å². The minimum Gasteiger partial charge on any atom is -0.298 e. The van der Waals surface area contributed by atoms with Gasteiger partial charge in [0.05, 0.1) is 15.2 Å². The SMILES string of the molecule is O=C(Nc1nc2ccc(Cl)cc2s1)c1ccc(Br)c(Cl)c1. The number of amides is 1. The van der Waals surface area contributed by atoms with Gasteiger partial charge in [0, 0.05) is 15.1 Å². The molecule has 0 saturated heterocycles. The van der Waals surface area contributed by atoms with Crippen molar-refractivity contribution in [3.05, 3.63) is 56.5 Å². The second-order valence-corrected chi connectivity index (χ2v) is 6.94. The predicted octanol–water partition coefficient (Wildman–Crippen LogP) is 5.62. The Morgan fingerprint density at radius 1 is 1.19 bits per heavy atom. The van der Waals surface area contributed by atoms with Crippen LogP contribution >= 0.6 is 50.5 Å². The Morgan fingerprint density at radius 3 is 2.76 bits per heavy atom. The normalized spacial score (nSPS) is 10.8. The van der Waals surface area contributed by atoms with Gasteiger partial charge < -0.3 is 0 Å². The predicted molar refractivity (Wildman–Crippen MR) is 91.7 cm³/mol. The third kappa shape index (κ3) is 3.21. The summed E-state index contributed by atoms with van der Waals surface area (Å²) in [6.07, 6.45) is 0. The van der Waals surface area contributed by atoms with Crippen molar-refractivity contribution >= 4 is 71.7 Å². The average molecular weight is 402 g/mol. The van der Waals surface area contributed by atoms with Crippen molar-refractivity contribution in [2.45, 2.75) is 0 Å². The van der Waals surface area contributed by atoms with Crippen LogP contribution < -0.4 is 5.32 Å². The second kappa shape index (κ2) is 5.93. The lowest BCUT2D eigenvalue weighted by Crippen LogP contribution is -2.11. The van der Waals surface area contributed by atoms with E-state index in [1.165, 1.54) is 11.3 Å². The van der Waals surface area contributed by atoms with Crippen LogP contribution in [0.1, 0.15) is 10.4 Å². The lowest BCUT2D eigenvalue weighted by molar-refractivity contribution is 0.102. The van der Waals surface area contributed by atoms with E-state index in [1.807, 2.05) is 12.1 Å². The molecule has 3 rings (SSSR count). The van der Waals surface area contributed by atoms with Crippen LogP contribution in [-0.2, 0) is 0 Å². The lowest BCUT2D eigenvalue weighted by Gasteiger charge is -2.03. The highest BCUT2D eigenvalue weighted by Gasteiger charge is 2.11. The molecule has 3 aromatic rings. The van der Waals surface area contributed by atoms with Crippen molar-refractivity contribution in [1.82, 2.24) is 4.98 Å². The van der Waals surface area contributed by atoms with E-state index in [2.05, 4.69) is 26.2 Å². The summed E-state index contributed by atoms with van der Waals surface area (Å²) in [5.41, 5.74) is 1.27. The van der Waals surface area contributed by atoms with Crippen molar-refractivity contribution < 1.29 is 4.79 Å². The first kappa shape index (κ1) is 14.8. The maximum atomic E-state index is 12.2. The topological polar surface area (TPSA) is 42.0 Å². The fraction of sp³-hybridized carbons (Fsp3) is 0. The van der Waals surface area contributed by atoms with Crippen LogP contribution in [0.25, 0.3) is 10.2 Å². The van der Waals surface area contributed by atoms with E-state index < -0.39 is 0 Å². The summed E-state index contributed by atoms with van der Waals surface area (Å²) in [7, 11) is 0. The molecule has 0 saturated carbocycles. The van der Waals surface area contributed by atoms with E-state index in [1.54, 1.807) is 24.3 Å². The highest BCUT2D eigenvalue weighted by Crippen LogP contribution is 2.29. The van der Waals surface area contributed by atoms with Crippen molar-refractivity contribution in [2.24, 2.45) is 0 Å². The number of anilines is 1. The van der Waals surface area contributed by atoms with Gasteiger partial charge in [-0.1, -0.05) is 34.5 Å². The molecule has 1 N–H and O–H groups in total. The molecule has 21 heavy (non-hydrogen) atoms. The molecule has 0 aliphatic heterocycles. The third-order valence-corrected chi connectivity index (χ3v) is 5.15. The largest absolute Gasteiger partial charge is 0.298 e. The van der Waals surface area contributed by atoms with Gasteiger partial charge in [0.25, 0.3) is 5.91 Å². The van der Waals surface area contributed by atoms with Gasteiger partial charge in [-0.2, -0.15) is 0 Å². The molecule has 2 aromatic carbocycles. The summed E-state index contributed by atoms with van der Waals surface area (Å²) in [5.74, 6) is -0.255. The van der Waals surface area contributed by atoms with Gasteiger partial charge in [-0.25, -0.2) is 4.98 Å². The number of thiazole rings is 1. The highest BCUT2D eigenvalue weighted by atomic mass is 79.9. The number of nitrogens with zero attached hydrogens (tertiary/aromatic N) is 1. The molecule has 106 valence electrons. The molecule has 1 amide bonds. The zero-order valence-electron chi connectivity index (χ0n) is 10.4. The summed E-state index contributed by atoms with van der Waals surface area (Å²) in [5, 5.41) is 4.42. The first-order chi connectivity index (χ1) is 10.0. The Hall–Kier alpha value is -1.14. The molecule has 3 nitrogen and oxygen atoms in total. The average Bonchev–Trinajstić information content (AvgIpc) is 2.83. The van der Waals surface area contributed by atoms with E-state index in [4.69, 9.17) is 23.2 Å². The minimum absolute atomic E-state index is 0.255. The molecule has 0 bridgehead atoms. The Labute approximate surface area is 143 Å². The zero-order valence-corrected chi connectivity index (χ0v) is 14.3. The highest BCUT2D eigenvalue weighted by molar-refractivity contribution is 9.10. The van der Waals surface area contributed by atoms with Gasteiger partial charge in [-0.3, -0.25) is 10.1 Å². The fourth-order valence-corrected chi connectivity index (χ4v) is 3.32. The van der Waals surface area contributed by atoms with Crippen LogP contribution in [-0.4, -0.2) is 10.9 Å². The summed E-state index contributed by atoms with van der Waals surface area (Å²) in [6.45, 7) is 0. The fourth-order valence-electron chi connectivity index (χ4n) is 1.76. The van der Waals surface area contributed by atoms with Crippen LogP contribution in [0.2, 0.25) is 10.0 Å². The van der Waals surface area contributed by atoms with Gasteiger partial charge in [-0.15, -0.1) is 0 Å². The third-order valence-electron chi connectivity index (χ3n) is 2.75. The molecule has 0 radical (unpaired) electrons. The molecule has 0 spiro atoms. The molecule has 1 heterocycles. The van der Waals surface area contributed by atoms with Crippen LogP contribution in [0.4, 0.5) is 5.13 Å². The Kier molecular flexibility index (Phi) is 4.17. The first-order valence-electron chi connectivity index (χ1n) is 5.85. The molecule has 0 atom stereocenters. The lowest BCUT2D eigenvalue weighted by atomic mass is 10.2. The standard InChI is InChI=1S/C14H7BrCl2N2OS/c15-9-3-1-7(5-10(9)17)13(20)19-14-18-11-4-2-8(16)6-12(11)21-14/h1-6H,(H,18,19,20). The summed E-state index contributed by atoms with van der Waals surface area (Å²) in [4.78, 5) is 16.5. The molecule has 0 unspecified atom stereocenters. The number of hydrogen-bond donors (Lipinski definition) is 1. The van der Waals surface area contributed by atoms with Crippen molar-refractivity contribution in [2.75, 3.05) is 5.32 Å². The maximum Gasteiger partial charge on any atom is 0.257 e. The number of fused-ring (bicyclic) bond motifs is 1. The first-order valence-corrected chi connectivity index (χ1v) is 8.22. The zero-order chi connectivity index (χ0) is 15.0. The smallest absolute Gasteiger partial charge is 0.257 e. The van der Waals surface area contributed by atoms with Crippen LogP contribution in [0, 0.1) is 0 Å². The van der Waals surface area contributed by atoms with Gasteiger partial charge in [0.15, 0.2) is 5.13 Å². The maximum absolute atomic E-state index is 12.2. The van der Waals surface area contributed by atoms with Crippen LogP contribution in [0.5, 0.6) is 0 Å². The molecular formula is C14H7BrCl2N2OS. The number of rotatable bonds is 2. The summed E-state index contributed by atoms with van der Waals surface area (Å²) in [6, 6.07) is 10.4. The van der Waals surface area contributed by atoms with E-state index in [-0.39, 0.29) is 5.91 Å². The minimum atomic E-state index is -0.255. The molecular weight excluding hydrogens is 395 g/mol. The number of aromatic nitrogens is 1. The Morgan fingerprint density at radius 2 is 2.00 bits per heavy atom. The number of halogens is 3. The quantitative estimate of drug-likeness (QED) is 0.605. The van der Waals surface area contributed by atoms with Crippen molar-refractivity contribution in [3.63, 3.8) is 0 Å². The Balaban J connectivity index is 1.87. The number of carbonyl (C=O) groups excluding carboxylic acids is 1. The number of hydrogen-bond acceptors (Lipinski definition) is 3. The van der Waals surface area contributed by atoms with Gasteiger partial charge in [0.1, 0.15) is 0 Å². The second-order valence-electron chi connectivity index (χ2n) is 4.21. The van der Waals surface area contributed by atoms with E-state index in [0.29, 0.717) is 20.7 Å². The molecule has 1 aromatic heterocycles. The molecule has 7 heteroatoms. The van der Waals surface area contributed by atoms with Crippen molar-refractivity contribution in [1.29, 1.82) is 0 Å². The molecule has 0 fully saturated rings. The number of carbonyl (C=O) groups is 1. The summed E-state index contributed by atoms with van der Waals surface area (Å²) >= 11 is 16.6. The number of nitrogens with one attached hydrogen (secondary N) is 1. The van der Waals surface area contributed by atoms with Crippen LogP contribution in [0.15, 0.2) is 40.9 Å². The van der Waals surface area contributed by atoms with Gasteiger partial charge >= 0.3 is 0 Å². The van der Waals surface area contributed by atoms with Crippen LogP contribution in [0.3, 0.4) is 0 Å². The summed E-state index contributed by atoms with van der Waals surface area (Å²) < 4.78 is 1.67. The van der Waals surface area contributed by atoms with Crippen molar-refractivity contribution in [3.8, 4) is 0 Å². The van der Waals surface area contributed by atoms with Gasteiger partial charge in [-0.05, 0) is 52.3 Å². The Bertz CT molecular complexity index is 850. The molecule has 0 aliphatic rings. The monoisotopic (exact) mass is 400 g/mol. The van der Waals surface area contributed by atoms with Gasteiger partial charge in [0.2, 0.25) is 0 Å². The number of benzene rings is 2. The van der Waals surface area contributed by atoms with E-state index >= 15 is 0 Å². The van der Waals surface area contributed by atoms with E-state index in [9.17, 15) is 4.79 Å². The molecule has 0 aliphatic carbocycles.